The van der Waals surface area contributed by atoms with E-state index in [4.69, 9.17) is 65.8 Å². The van der Waals surface area contributed by atoms with Crippen LogP contribution in [-0.4, -0.2) is 160 Å². The van der Waals surface area contributed by atoms with Gasteiger partial charge in [0.15, 0.2) is 24.9 Å². The van der Waals surface area contributed by atoms with Crippen LogP contribution in [0.15, 0.2) is 51.2 Å². The molecule has 0 bridgehead atoms. The quantitative estimate of drug-likeness (QED) is 0.219. The zero-order valence-corrected chi connectivity index (χ0v) is 33.9. The van der Waals surface area contributed by atoms with Crippen LogP contribution in [0.5, 0.6) is 0 Å². The van der Waals surface area contributed by atoms with Crippen molar-refractivity contribution in [1.29, 1.82) is 0 Å². The van der Waals surface area contributed by atoms with Crippen LogP contribution in [0.1, 0.15) is 49.5 Å². The SMILES string of the molecule is [2H]C([2H])(OC)[C@H]1O[C@@H](n2ccc(C)nc2=O)[C@H](F)[C@@H]1OC.[2H]C([2H])([2H])O[C@@H]1[C@H](OC)[C@@H](C([2H])([2H])OC)O[C@H]1n1ccc(C)nc1=O.[2H]C([2H])([2H])O[C@@H]1[C@H](OC)[C@@H](COC)O[C@H]1n1ccc(C)nc1=O. The summed E-state index contributed by atoms with van der Waals surface area (Å²) in [6, 6.07) is 4.71. The van der Waals surface area contributed by atoms with Gasteiger partial charge in [0.25, 0.3) is 0 Å². The fraction of sp³-hybridized carbons (Fsp3) is 0.684. The molecule has 330 valence electrons. The summed E-state index contributed by atoms with van der Waals surface area (Å²) >= 11 is 0. The number of hydrogen-bond donors (Lipinski definition) is 0. The molecule has 20 nitrogen and oxygen atoms in total. The third kappa shape index (κ3) is 11.3. The van der Waals surface area contributed by atoms with E-state index in [1.165, 1.54) is 63.7 Å². The first-order valence-electron chi connectivity index (χ1n) is 22.9. The minimum absolute atomic E-state index is 0.171. The van der Waals surface area contributed by atoms with E-state index in [-0.39, 0.29) is 6.61 Å². The Kier molecular flexibility index (Phi) is 13.4. The van der Waals surface area contributed by atoms with E-state index >= 15 is 0 Å². The van der Waals surface area contributed by atoms with E-state index in [0.29, 0.717) is 17.1 Å². The second-order valence-electron chi connectivity index (χ2n) is 13.0. The Morgan fingerprint density at radius 3 is 1.32 bits per heavy atom. The number of nitrogens with zero attached hydrogens (tertiary/aromatic N) is 6. The predicted octanol–water partition coefficient (Wildman–Crippen LogP) is 0.700. The smallest absolute Gasteiger partial charge is 0.349 e. The van der Waals surface area contributed by atoms with Crippen molar-refractivity contribution in [2.24, 2.45) is 0 Å². The van der Waals surface area contributed by atoms with E-state index < -0.39 is 118 Å². The van der Waals surface area contributed by atoms with E-state index in [1.54, 1.807) is 26.8 Å². The molecule has 59 heavy (non-hydrogen) atoms. The van der Waals surface area contributed by atoms with Gasteiger partial charge in [0, 0.05) is 92.4 Å². The fourth-order valence-electron chi connectivity index (χ4n) is 6.49. The van der Waals surface area contributed by atoms with Crippen molar-refractivity contribution in [3.05, 3.63) is 85.3 Å². The maximum Gasteiger partial charge on any atom is 0.349 e. The molecule has 0 amide bonds. The van der Waals surface area contributed by atoms with Crippen molar-refractivity contribution in [3.63, 3.8) is 0 Å². The normalized spacial score (nSPS) is 33.5. The van der Waals surface area contributed by atoms with Gasteiger partial charge in [-0.2, -0.15) is 15.0 Å². The van der Waals surface area contributed by atoms with Crippen molar-refractivity contribution in [2.45, 2.75) is 94.5 Å². The second-order valence-corrected chi connectivity index (χ2v) is 13.0. The maximum atomic E-state index is 14.5. The Morgan fingerprint density at radius 2 is 0.949 bits per heavy atom. The minimum Gasteiger partial charge on any atom is -0.382 e. The van der Waals surface area contributed by atoms with Crippen LogP contribution in [0.2, 0.25) is 0 Å². The lowest BCUT2D eigenvalue weighted by molar-refractivity contribution is -0.0673. The summed E-state index contributed by atoms with van der Waals surface area (Å²) in [6.07, 6.45) is -9.55. The molecule has 0 unspecified atom stereocenters. The molecule has 0 N–H and O–H groups in total. The summed E-state index contributed by atoms with van der Waals surface area (Å²) in [5.74, 6) is 0. The van der Waals surface area contributed by atoms with Crippen LogP contribution in [0, 0.1) is 20.8 Å². The zero-order valence-electron chi connectivity index (χ0n) is 43.9. The van der Waals surface area contributed by atoms with Gasteiger partial charge in [-0.05, 0) is 39.0 Å². The first-order valence-corrected chi connectivity index (χ1v) is 17.9. The Hall–Kier alpha value is -3.87. The molecule has 3 aromatic rings. The van der Waals surface area contributed by atoms with E-state index in [1.807, 2.05) is 0 Å². The molecule has 0 spiro atoms. The number of methoxy groups -OCH3 is 8. The van der Waals surface area contributed by atoms with Gasteiger partial charge in [-0.15, -0.1) is 0 Å². The van der Waals surface area contributed by atoms with Crippen molar-refractivity contribution >= 4 is 0 Å². The molecule has 3 aliphatic rings. The van der Waals surface area contributed by atoms with Gasteiger partial charge in [-0.25, -0.2) is 18.8 Å². The van der Waals surface area contributed by atoms with E-state index in [0.717, 1.165) is 23.4 Å². The molecule has 0 radical (unpaired) electrons. The molecule has 6 rings (SSSR count). The lowest BCUT2D eigenvalue weighted by Crippen LogP contribution is -2.38. The van der Waals surface area contributed by atoms with Crippen molar-refractivity contribution in [3.8, 4) is 0 Å². The minimum atomic E-state index is -2.81. The average molecular weight is 851 g/mol. The number of alkyl halides is 1. The lowest BCUT2D eigenvalue weighted by atomic mass is 10.1. The number of ether oxygens (including phenoxy) is 11. The van der Waals surface area contributed by atoms with Crippen LogP contribution in [0.4, 0.5) is 4.39 Å². The standard InChI is InChI=1S/2C13H20N2O5.C12H17FN2O4/c2*1-8-5-6-15(13(16)14-8)12-11(19-4)10(18-3)9(20-12)7-17-2;1-7-4-5-15(12(16)14-7)11-9(13)10(18-3)8(19-11)6-17-2/h2*5-6,9-12H,7H2,1-4H3;4-5,8-11H,6H2,1-3H3/t2*9-,10-,11-,12-;8-,9-,10-,11-/m111/s1/i4D3,7D2;4D3;6D2. The molecular formula is C38H57FN6O14. The van der Waals surface area contributed by atoms with E-state index in [9.17, 15) is 18.8 Å². The summed E-state index contributed by atoms with van der Waals surface area (Å²) in [6.45, 7) is 0.572. The van der Waals surface area contributed by atoms with Gasteiger partial charge in [0.05, 0.1) is 33.4 Å². The Labute approximate surface area is 355 Å². The van der Waals surface area contributed by atoms with Crippen molar-refractivity contribution in [2.75, 3.05) is 76.5 Å². The number of hydrogen-bond acceptors (Lipinski definition) is 17. The molecule has 0 saturated carbocycles. The Balaban J connectivity index is 0.000000226. The molecular weight excluding hydrogens is 783 g/mol. The highest BCUT2D eigenvalue weighted by molar-refractivity contribution is 5.02. The summed E-state index contributed by atoms with van der Waals surface area (Å²) in [4.78, 5) is 47.4. The zero-order chi connectivity index (χ0) is 52.0. The van der Waals surface area contributed by atoms with Crippen molar-refractivity contribution < 1.29 is 70.2 Å². The number of aromatic nitrogens is 6. The summed E-state index contributed by atoms with van der Waals surface area (Å²) in [7, 11) is 2.25. The van der Waals surface area contributed by atoms with Gasteiger partial charge < -0.3 is 52.1 Å². The molecule has 0 aromatic carbocycles. The maximum absolute atomic E-state index is 14.5. The third-order valence-electron chi connectivity index (χ3n) is 9.26. The third-order valence-corrected chi connectivity index (χ3v) is 9.26. The van der Waals surface area contributed by atoms with Gasteiger partial charge in [0.2, 0.25) is 0 Å². The monoisotopic (exact) mass is 850 g/mol. The molecule has 3 saturated heterocycles. The molecule has 3 aromatic heterocycles. The van der Waals surface area contributed by atoms with E-state index in [2.05, 4.69) is 15.0 Å². The van der Waals surface area contributed by atoms with Gasteiger partial charge in [-0.1, -0.05) is 0 Å². The van der Waals surface area contributed by atoms with Crippen LogP contribution >= 0.6 is 0 Å². The van der Waals surface area contributed by atoms with Gasteiger partial charge in [0.1, 0.15) is 48.8 Å². The topological polar surface area (TPSA) is 206 Å². The molecule has 21 heteroatoms. The predicted molar refractivity (Wildman–Crippen MR) is 206 cm³/mol. The second kappa shape index (κ2) is 22.7. The molecule has 12 atom stereocenters. The molecule has 0 aliphatic carbocycles. The first kappa shape index (κ1) is 34.8. The highest BCUT2D eigenvalue weighted by Crippen LogP contribution is 2.34. The number of rotatable bonds is 14. The summed E-state index contributed by atoms with van der Waals surface area (Å²) < 4.78 is 150. The highest BCUT2D eigenvalue weighted by atomic mass is 19.1. The summed E-state index contributed by atoms with van der Waals surface area (Å²) in [5, 5.41) is 0. The molecule has 6 heterocycles. The van der Waals surface area contributed by atoms with Crippen LogP contribution in [-0.2, 0) is 52.1 Å². The van der Waals surface area contributed by atoms with Gasteiger partial charge >= 0.3 is 17.1 Å². The number of aryl methyl sites for hydroxylation is 3. The van der Waals surface area contributed by atoms with Crippen LogP contribution in [0.25, 0.3) is 0 Å². The number of halogens is 1. The molecule has 3 aliphatic heterocycles. The first-order chi connectivity index (χ1) is 32.1. The Morgan fingerprint density at radius 1 is 0.576 bits per heavy atom. The average Bonchev–Trinajstić information content (AvgIpc) is 3.90. The lowest BCUT2D eigenvalue weighted by Gasteiger charge is -2.22. The van der Waals surface area contributed by atoms with Gasteiger partial charge in [-0.3, -0.25) is 13.7 Å². The van der Waals surface area contributed by atoms with Crippen molar-refractivity contribution in [1.82, 2.24) is 28.7 Å². The summed E-state index contributed by atoms with van der Waals surface area (Å²) in [5.41, 5.74) is -0.388. The van der Waals surface area contributed by atoms with Crippen LogP contribution < -0.4 is 17.1 Å². The molecule has 3 fully saturated rings. The largest absolute Gasteiger partial charge is 0.382 e. The Bertz CT molecular complexity index is 2330. The van der Waals surface area contributed by atoms with Crippen LogP contribution in [0.3, 0.4) is 0 Å². The highest BCUT2D eigenvalue weighted by Gasteiger charge is 2.49. The fourth-order valence-corrected chi connectivity index (χ4v) is 6.49.